The number of carbonyl (C=O) groups is 2. The van der Waals surface area contributed by atoms with E-state index >= 15 is 0 Å². The molecule has 0 saturated heterocycles. The summed E-state index contributed by atoms with van der Waals surface area (Å²) in [7, 11) is 1.35. The molecule has 2 aromatic carbocycles. The first-order valence-corrected chi connectivity index (χ1v) is 7.61. The molecule has 3 aromatic rings. The zero-order valence-electron chi connectivity index (χ0n) is 13.2. The molecule has 122 valence electrons. The van der Waals surface area contributed by atoms with Crippen LogP contribution in [0.1, 0.15) is 26.5 Å². The van der Waals surface area contributed by atoms with Crippen molar-refractivity contribution in [2.45, 2.75) is 6.42 Å². The van der Waals surface area contributed by atoms with E-state index in [0.717, 1.165) is 10.9 Å². The summed E-state index contributed by atoms with van der Waals surface area (Å²) < 4.78 is 10.2. The highest BCUT2D eigenvalue weighted by atomic mass is 16.5. The average Bonchev–Trinajstić information content (AvgIpc) is 3.06. The third-order valence-corrected chi connectivity index (χ3v) is 3.72. The minimum Gasteiger partial charge on any atom is -0.465 e. The number of furan rings is 1. The van der Waals surface area contributed by atoms with Gasteiger partial charge in [-0.25, -0.2) is 4.79 Å². The van der Waals surface area contributed by atoms with E-state index in [1.54, 1.807) is 18.2 Å². The van der Waals surface area contributed by atoms with Gasteiger partial charge in [-0.2, -0.15) is 0 Å². The third-order valence-electron chi connectivity index (χ3n) is 3.72. The Morgan fingerprint density at radius 2 is 1.83 bits per heavy atom. The van der Waals surface area contributed by atoms with Gasteiger partial charge in [0, 0.05) is 11.9 Å². The van der Waals surface area contributed by atoms with Gasteiger partial charge in [0.15, 0.2) is 5.76 Å². The summed E-state index contributed by atoms with van der Waals surface area (Å²) in [4.78, 5) is 23.5. The molecule has 1 aromatic heterocycles. The van der Waals surface area contributed by atoms with Gasteiger partial charge < -0.3 is 14.5 Å². The first-order chi connectivity index (χ1) is 11.7. The lowest BCUT2D eigenvalue weighted by Gasteiger charge is -2.04. The fraction of sp³-hybridized carbons (Fsp3) is 0.158. The molecule has 0 saturated carbocycles. The molecular weight excluding hydrogens is 306 g/mol. The number of carbonyl (C=O) groups excluding carboxylic acids is 2. The van der Waals surface area contributed by atoms with E-state index in [2.05, 4.69) is 10.1 Å². The number of para-hydroxylation sites is 1. The van der Waals surface area contributed by atoms with Gasteiger partial charge in [0.05, 0.1) is 12.7 Å². The molecule has 1 N–H and O–H groups in total. The normalized spacial score (nSPS) is 10.5. The summed E-state index contributed by atoms with van der Waals surface area (Å²) in [6.45, 7) is 0.480. The van der Waals surface area contributed by atoms with E-state index in [1.807, 2.05) is 36.4 Å². The number of methoxy groups -OCH3 is 1. The molecule has 0 aliphatic rings. The third kappa shape index (κ3) is 3.46. The van der Waals surface area contributed by atoms with Crippen LogP contribution in [0.15, 0.2) is 59.0 Å². The highest BCUT2D eigenvalue weighted by molar-refractivity contribution is 5.96. The lowest BCUT2D eigenvalue weighted by atomic mass is 10.1. The van der Waals surface area contributed by atoms with Crippen LogP contribution in [0.4, 0.5) is 0 Å². The van der Waals surface area contributed by atoms with Crippen molar-refractivity contribution in [1.29, 1.82) is 0 Å². The Morgan fingerprint density at radius 1 is 1.08 bits per heavy atom. The minimum atomic E-state index is -0.361. The largest absolute Gasteiger partial charge is 0.465 e. The Morgan fingerprint density at radius 3 is 2.54 bits per heavy atom. The summed E-state index contributed by atoms with van der Waals surface area (Å²) in [6.07, 6.45) is 0.660. The van der Waals surface area contributed by atoms with Gasteiger partial charge in [0.2, 0.25) is 0 Å². The minimum absolute atomic E-state index is 0.239. The van der Waals surface area contributed by atoms with Crippen LogP contribution >= 0.6 is 0 Å². The lowest BCUT2D eigenvalue weighted by Crippen LogP contribution is -2.25. The Balaban J connectivity index is 1.55. The number of amides is 1. The van der Waals surface area contributed by atoms with Crippen LogP contribution in [0, 0.1) is 0 Å². The molecule has 5 nitrogen and oxygen atoms in total. The van der Waals surface area contributed by atoms with Gasteiger partial charge in [0.25, 0.3) is 5.91 Å². The second kappa shape index (κ2) is 7.00. The fourth-order valence-corrected chi connectivity index (χ4v) is 2.43. The molecule has 24 heavy (non-hydrogen) atoms. The molecule has 0 radical (unpaired) electrons. The molecule has 0 spiro atoms. The molecular formula is C19H17NO4. The first-order valence-electron chi connectivity index (χ1n) is 7.61. The van der Waals surface area contributed by atoms with Gasteiger partial charge in [-0.3, -0.25) is 4.79 Å². The maximum absolute atomic E-state index is 12.1. The molecule has 0 aliphatic heterocycles. The van der Waals surface area contributed by atoms with Crippen molar-refractivity contribution < 1.29 is 18.7 Å². The van der Waals surface area contributed by atoms with Crippen LogP contribution in [0.25, 0.3) is 11.0 Å². The predicted molar refractivity (Wildman–Crippen MR) is 90.0 cm³/mol. The van der Waals surface area contributed by atoms with Crippen molar-refractivity contribution in [3.8, 4) is 0 Å². The van der Waals surface area contributed by atoms with Crippen molar-refractivity contribution in [3.05, 3.63) is 71.5 Å². The molecule has 0 aliphatic carbocycles. The molecule has 0 unspecified atom stereocenters. The zero-order chi connectivity index (χ0) is 16.9. The molecule has 3 rings (SSSR count). The number of esters is 1. The molecule has 0 atom stereocenters. The van der Waals surface area contributed by atoms with E-state index in [4.69, 9.17) is 4.42 Å². The highest BCUT2D eigenvalue weighted by Crippen LogP contribution is 2.18. The van der Waals surface area contributed by atoms with E-state index in [0.29, 0.717) is 29.9 Å². The second-order valence-electron chi connectivity index (χ2n) is 5.34. The van der Waals surface area contributed by atoms with Crippen molar-refractivity contribution >= 4 is 22.8 Å². The van der Waals surface area contributed by atoms with Crippen LogP contribution in [0.5, 0.6) is 0 Å². The van der Waals surface area contributed by atoms with Crippen LogP contribution in [0.3, 0.4) is 0 Å². The van der Waals surface area contributed by atoms with Gasteiger partial charge in [-0.05, 0) is 36.2 Å². The smallest absolute Gasteiger partial charge is 0.337 e. The Bertz CT molecular complexity index is 831. The van der Waals surface area contributed by atoms with Crippen LogP contribution in [-0.2, 0) is 11.2 Å². The van der Waals surface area contributed by atoms with Crippen molar-refractivity contribution in [1.82, 2.24) is 5.32 Å². The number of rotatable bonds is 5. The monoisotopic (exact) mass is 323 g/mol. The summed E-state index contributed by atoms with van der Waals surface area (Å²) in [5.74, 6) is -0.297. The maximum atomic E-state index is 12.1. The van der Waals surface area contributed by atoms with E-state index in [-0.39, 0.29) is 11.9 Å². The Kier molecular flexibility index (Phi) is 4.61. The average molecular weight is 323 g/mol. The quantitative estimate of drug-likeness (QED) is 0.732. The molecule has 0 fully saturated rings. The topological polar surface area (TPSA) is 68.5 Å². The maximum Gasteiger partial charge on any atom is 0.337 e. The lowest BCUT2D eigenvalue weighted by molar-refractivity contribution is 0.0600. The second-order valence-corrected chi connectivity index (χ2v) is 5.34. The summed E-state index contributed by atoms with van der Waals surface area (Å²) in [5.41, 5.74) is 2.22. The summed E-state index contributed by atoms with van der Waals surface area (Å²) >= 11 is 0. The number of nitrogens with one attached hydrogen (secondary N) is 1. The number of benzene rings is 2. The Labute approximate surface area is 139 Å². The number of ether oxygens (including phenoxy) is 1. The van der Waals surface area contributed by atoms with E-state index in [9.17, 15) is 9.59 Å². The van der Waals surface area contributed by atoms with E-state index < -0.39 is 0 Å². The SMILES string of the molecule is COC(=O)c1ccc(CCNC(=O)c2cc3ccccc3o2)cc1. The Hall–Kier alpha value is -3.08. The van der Waals surface area contributed by atoms with Gasteiger partial charge in [-0.1, -0.05) is 30.3 Å². The predicted octanol–water partition coefficient (Wildman–Crippen LogP) is 3.19. The number of hydrogen-bond acceptors (Lipinski definition) is 4. The fourth-order valence-electron chi connectivity index (χ4n) is 2.43. The summed E-state index contributed by atoms with van der Waals surface area (Å²) in [6, 6.07) is 16.3. The van der Waals surface area contributed by atoms with Gasteiger partial charge >= 0.3 is 5.97 Å². The van der Waals surface area contributed by atoms with Gasteiger partial charge in [0.1, 0.15) is 5.58 Å². The van der Waals surface area contributed by atoms with E-state index in [1.165, 1.54) is 7.11 Å². The highest BCUT2D eigenvalue weighted by Gasteiger charge is 2.11. The molecule has 1 heterocycles. The van der Waals surface area contributed by atoms with Crippen molar-refractivity contribution in [2.24, 2.45) is 0 Å². The molecule has 1 amide bonds. The van der Waals surface area contributed by atoms with Crippen LogP contribution in [0.2, 0.25) is 0 Å². The van der Waals surface area contributed by atoms with Crippen molar-refractivity contribution in [2.75, 3.05) is 13.7 Å². The van der Waals surface area contributed by atoms with Crippen LogP contribution in [-0.4, -0.2) is 25.5 Å². The van der Waals surface area contributed by atoms with Gasteiger partial charge in [-0.15, -0.1) is 0 Å². The first kappa shape index (κ1) is 15.8. The van der Waals surface area contributed by atoms with Crippen molar-refractivity contribution in [3.63, 3.8) is 0 Å². The standard InChI is InChI=1S/C19H17NO4/c1-23-19(22)14-8-6-13(7-9-14)10-11-20-18(21)17-12-15-4-2-3-5-16(15)24-17/h2-9,12H,10-11H2,1H3,(H,20,21). The number of hydrogen-bond donors (Lipinski definition) is 1. The number of fused-ring (bicyclic) bond motifs is 1. The zero-order valence-corrected chi connectivity index (χ0v) is 13.2. The molecule has 0 bridgehead atoms. The molecule has 5 heteroatoms. The summed E-state index contributed by atoms with van der Waals surface area (Å²) in [5, 5.41) is 3.74. The van der Waals surface area contributed by atoms with Crippen LogP contribution < -0.4 is 5.32 Å².